The monoisotopic (exact) mass is 639 g/mol. The van der Waals surface area contributed by atoms with E-state index in [-0.39, 0.29) is 125 Å². The predicted molar refractivity (Wildman–Crippen MR) is 138 cm³/mol. The van der Waals surface area contributed by atoms with E-state index in [0.717, 1.165) is 0 Å². The molecule has 36 heavy (non-hydrogen) atoms. The predicted octanol–water partition coefficient (Wildman–Crippen LogP) is 0.0315. The minimum atomic E-state index is 0. The molecule has 0 unspecified atom stereocenters. The second kappa shape index (κ2) is 26.1. The van der Waals surface area contributed by atoms with E-state index in [1.807, 2.05) is 0 Å². The van der Waals surface area contributed by atoms with Gasteiger partial charge in [-0.25, -0.2) is 0 Å². The van der Waals surface area contributed by atoms with Gasteiger partial charge in [0.25, 0.3) is 0 Å². The molecule has 0 saturated carbocycles. The molecule has 0 aliphatic rings. The Morgan fingerprint density at radius 1 is 0.333 bits per heavy atom. The molecule has 0 aromatic heterocycles. The van der Waals surface area contributed by atoms with E-state index < -0.39 is 0 Å². The van der Waals surface area contributed by atoms with E-state index in [0.29, 0.717) is 0 Å². The van der Waals surface area contributed by atoms with Gasteiger partial charge in [-0.3, -0.25) is 0 Å². The summed E-state index contributed by atoms with van der Waals surface area (Å²) < 4.78 is 0. The maximum atomic E-state index is 2.12. The normalized spacial score (nSPS) is 7.67. The van der Waals surface area contributed by atoms with Gasteiger partial charge in [-0.1, -0.05) is 18.2 Å². The molecule has 0 amide bonds. The molecule has 0 N–H and O–H groups in total. The molecule has 0 fully saturated rings. The minimum absolute atomic E-state index is 0. The topological polar surface area (TPSA) is 0 Å². The van der Waals surface area contributed by atoms with Crippen LogP contribution < -0.4 is 37.2 Å². The third-order valence-corrected chi connectivity index (χ3v) is 4.64. The van der Waals surface area contributed by atoms with Crippen LogP contribution in [0.1, 0.15) is 0 Å². The molecule has 6 aromatic rings. The fourth-order valence-electron chi connectivity index (χ4n) is 3.21. The van der Waals surface area contributed by atoms with Crippen molar-refractivity contribution in [2.75, 3.05) is 0 Å². The maximum Gasteiger partial charge on any atom is 2.00 e. The molecule has 0 saturated heterocycles. The average molecular weight is 641 g/mol. The van der Waals surface area contributed by atoms with Gasteiger partial charge < -0.3 is 59.5 Å². The van der Waals surface area contributed by atoms with Crippen molar-refractivity contribution < 1.29 is 102 Å². The van der Waals surface area contributed by atoms with Gasteiger partial charge in [-0.05, 0) is 0 Å². The van der Waals surface area contributed by atoms with Crippen LogP contribution in [0.25, 0.3) is 32.3 Å². The Morgan fingerprint density at radius 3 is 0.778 bits per heavy atom. The average Bonchev–Trinajstić information content (AvgIpc) is 3.48. The summed E-state index contributed by atoms with van der Waals surface area (Å²) in [6.45, 7) is 0. The summed E-state index contributed by atoms with van der Waals surface area (Å²) in [7, 11) is 0. The van der Waals surface area contributed by atoms with E-state index >= 15 is 0 Å². The van der Waals surface area contributed by atoms with E-state index in [4.69, 9.17) is 0 Å². The zero-order valence-corrected chi connectivity index (χ0v) is 27.7. The summed E-state index contributed by atoms with van der Waals surface area (Å²) in [5, 5.41) is 7.99. The largest absolute Gasteiger partial charge is 2.00 e. The van der Waals surface area contributed by atoms with Crippen LogP contribution in [-0.2, 0) is 65.2 Å². The third-order valence-electron chi connectivity index (χ3n) is 4.64. The quantitative estimate of drug-likeness (QED) is 0.163. The minimum Gasteiger partial charge on any atom is -1.00 e. The molecule has 0 atom stereocenters. The summed E-state index contributed by atoms with van der Waals surface area (Å²) in [5.74, 6) is 0. The van der Waals surface area contributed by atoms with Crippen molar-refractivity contribution in [1.82, 2.24) is 0 Å². The van der Waals surface area contributed by atoms with E-state index in [2.05, 4.69) is 127 Å². The fraction of sp³-hybridized carbons (Fsp3) is 0. The smallest absolute Gasteiger partial charge is 1.00 e. The van der Waals surface area contributed by atoms with Crippen LogP contribution in [-0.4, -0.2) is 0 Å². The summed E-state index contributed by atoms with van der Waals surface area (Å²) in [5.41, 5.74) is 0. The van der Waals surface area contributed by atoms with Crippen LogP contribution in [0.3, 0.4) is 0 Å². The van der Waals surface area contributed by atoms with Gasteiger partial charge in [0, 0.05) is 0 Å². The Balaban J connectivity index is -0.0000000833. The Kier molecular flexibility index (Phi) is 35.2. The number of halogens is 3. The standard InChI is InChI=1S/3C9H7.3CH3.3ClH.3Ti/c3*1-2-5-9-7-3-6-8(9)4-1;;;;;;;;;/h3*1-7H;3*1H3;3*1H;;;/q6*-1;;;;3*+2/p-3. The number of hydrogen-bond donors (Lipinski definition) is 0. The van der Waals surface area contributed by atoms with Crippen LogP contribution in [0.15, 0.2) is 127 Å². The number of rotatable bonds is 0. The zero-order valence-electron chi connectivity index (χ0n) is 20.8. The molecule has 186 valence electrons. The van der Waals surface area contributed by atoms with E-state index in [1.54, 1.807) is 0 Å². The molecule has 0 heterocycles. The van der Waals surface area contributed by atoms with Crippen molar-refractivity contribution in [3.8, 4) is 0 Å². The van der Waals surface area contributed by atoms with Gasteiger partial charge in [-0.2, -0.15) is 52.6 Å². The summed E-state index contributed by atoms with van der Waals surface area (Å²) in [6, 6.07) is 44.0. The Morgan fingerprint density at radius 2 is 0.556 bits per heavy atom. The second-order valence-corrected chi connectivity index (χ2v) is 6.46. The maximum absolute atomic E-state index is 2.12. The Labute approximate surface area is 281 Å². The van der Waals surface area contributed by atoms with Gasteiger partial charge in [0.1, 0.15) is 0 Å². The van der Waals surface area contributed by atoms with Crippen molar-refractivity contribution >= 4 is 32.3 Å². The molecule has 0 aliphatic carbocycles. The number of hydrogen-bond acceptors (Lipinski definition) is 0. The summed E-state index contributed by atoms with van der Waals surface area (Å²) in [6.07, 6.45) is 0. The molecule has 6 heteroatoms. The molecule has 0 nitrogen and oxygen atoms in total. The van der Waals surface area contributed by atoms with Crippen molar-refractivity contribution in [2.24, 2.45) is 0 Å². The van der Waals surface area contributed by atoms with E-state index in [9.17, 15) is 0 Å². The first-order valence-corrected chi connectivity index (χ1v) is 9.21. The fourth-order valence-corrected chi connectivity index (χ4v) is 3.21. The first kappa shape index (κ1) is 48.6. The van der Waals surface area contributed by atoms with Gasteiger partial charge in [-0.15, -0.1) is 89.0 Å². The van der Waals surface area contributed by atoms with Gasteiger partial charge in [0.05, 0.1) is 0 Å². The van der Waals surface area contributed by atoms with Crippen LogP contribution in [0.2, 0.25) is 0 Å². The van der Waals surface area contributed by atoms with E-state index in [1.165, 1.54) is 32.3 Å². The molecular weight excluding hydrogens is 610 g/mol. The molecular formula is C30H30Cl3Ti3-3. The first-order valence-electron chi connectivity index (χ1n) is 9.21. The Bertz CT molecular complexity index is 1010. The molecule has 0 radical (unpaired) electrons. The van der Waals surface area contributed by atoms with Gasteiger partial charge in [0.2, 0.25) is 0 Å². The Hall–Kier alpha value is -0.497. The summed E-state index contributed by atoms with van der Waals surface area (Å²) >= 11 is 0. The number of fused-ring (bicyclic) bond motifs is 3. The van der Waals surface area contributed by atoms with Crippen LogP contribution in [0.4, 0.5) is 0 Å². The molecule has 0 aliphatic heterocycles. The van der Waals surface area contributed by atoms with Crippen molar-refractivity contribution in [3.05, 3.63) is 150 Å². The molecule has 6 rings (SSSR count). The van der Waals surface area contributed by atoms with Crippen LogP contribution in [0, 0.1) is 22.3 Å². The zero-order chi connectivity index (χ0) is 18.3. The van der Waals surface area contributed by atoms with Crippen molar-refractivity contribution in [3.63, 3.8) is 0 Å². The van der Waals surface area contributed by atoms with Crippen molar-refractivity contribution in [2.45, 2.75) is 0 Å². The van der Waals surface area contributed by atoms with Crippen molar-refractivity contribution in [1.29, 1.82) is 0 Å². The SMILES string of the molecule is [CH3-].[CH3-].[CH3-].[Cl-].[Cl-].[Cl-].[Ti+2].[Ti+2].[Ti+2].c1ccc2[cH-]ccc2c1.c1ccc2[cH-]ccc2c1.c1ccc2[cH-]ccc2c1. The van der Waals surface area contributed by atoms with Gasteiger partial charge in [0.15, 0.2) is 0 Å². The third kappa shape index (κ3) is 13.9. The molecule has 0 spiro atoms. The first-order chi connectivity index (χ1) is 13.4. The molecule has 6 aromatic carbocycles. The van der Waals surface area contributed by atoms with Gasteiger partial charge >= 0.3 is 65.2 Å². The van der Waals surface area contributed by atoms with Crippen LogP contribution in [0.5, 0.6) is 0 Å². The van der Waals surface area contributed by atoms with Crippen LogP contribution >= 0.6 is 0 Å². The summed E-state index contributed by atoms with van der Waals surface area (Å²) in [4.78, 5) is 0. The molecule has 0 bridgehead atoms. The number of benzene rings is 3. The second-order valence-electron chi connectivity index (χ2n) is 6.46.